The number of piperidine rings is 1. The molecule has 0 spiro atoms. The Morgan fingerprint density at radius 1 is 1.20 bits per heavy atom. The van der Waals surface area contributed by atoms with Gasteiger partial charge >= 0.3 is 0 Å². The van der Waals surface area contributed by atoms with Crippen molar-refractivity contribution < 1.29 is 9.59 Å². The van der Waals surface area contributed by atoms with Crippen LogP contribution in [0.3, 0.4) is 0 Å². The van der Waals surface area contributed by atoms with Gasteiger partial charge in [-0.2, -0.15) is 0 Å². The molecular weight excluding hydrogens is 314 g/mol. The van der Waals surface area contributed by atoms with Gasteiger partial charge in [0.1, 0.15) is 0 Å². The van der Waals surface area contributed by atoms with Crippen molar-refractivity contribution in [2.75, 3.05) is 32.7 Å². The summed E-state index contributed by atoms with van der Waals surface area (Å²) in [5.74, 6) is 0.859. The van der Waals surface area contributed by atoms with Crippen molar-refractivity contribution in [3.8, 4) is 0 Å². The second kappa shape index (κ2) is 10.2. The number of hydrogen-bond acceptors (Lipinski definition) is 3. The van der Waals surface area contributed by atoms with Gasteiger partial charge in [-0.1, -0.05) is 37.3 Å². The van der Waals surface area contributed by atoms with Gasteiger partial charge < -0.3 is 15.1 Å². The Kier molecular flexibility index (Phi) is 7.92. The molecule has 5 nitrogen and oxygen atoms in total. The zero-order valence-corrected chi connectivity index (χ0v) is 15.5. The molecule has 1 aromatic rings. The van der Waals surface area contributed by atoms with Crippen LogP contribution in [0.15, 0.2) is 30.3 Å². The smallest absolute Gasteiger partial charge is 0.224 e. The van der Waals surface area contributed by atoms with Crippen LogP contribution in [0.25, 0.3) is 0 Å². The number of nitrogens with one attached hydrogen (secondary N) is 1. The van der Waals surface area contributed by atoms with Crippen molar-refractivity contribution >= 4 is 11.8 Å². The van der Waals surface area contributed by atoms with Gasteiger partial charge in [-0.3, -0.25) is 9.59 Å². The molecule has 2 amide bonds. The normalized spacial score (nSPS) is 15.2. The highest BCUT2D eigenvalue weighted by Crippen LogP contribution is 2.17. The Balaban J connectivity index is 1.76. The van der Waals surface area contributed by atoms with Crippen LogP contribution in [0, 0.1) is 5.92 Å². The summed E-state index contributed by atoms with van der Waals surface area (Å²) >= 11 is 0. The Bertz CT molecular complexity index is 539. The van der Waals surface area contributed by atoms with Gasteiger partial charge in [0.2, 0.25) is 11.8 Å². The summed E-state index contributed by atoms with van der Waals surface area (Å²) in [4.78, 5) is 28.1. The third-order valence-electron chi connectivity index (χ3n) is 4.91. The topological polar surface area (TPSA) is 52.7 Å². The summed E-state index contributed by atoms with van der Waals surface area (Å²) in [6, 6.07) is 9.91. The average Bonchev–Trinajstić information content (AvgIpc) is 2.64. The SMILES string of the molecule is CCNCC1CCN(C(=O)CCN(Cc2ccccc2)C(C)=O)CC1. The van der Waals surface area contributed by atoms with E-state index in [-0.39, 0.29) is 11.8 Å². The molecule has 0 radical (unpaired) electrons. The second-order valence-corrected chi connectivity index (χ2v) is 6.81. The summed E-state index contributed by atoms with van der Waals surface area (Å²) in [5, 5.41) is 3.39. The fraction of sp³-hybridized carbons (Fsp3) is 0.600. The summed E-state index contributed by atoms with van der Waals surface area (Å²) in [5.41, 5.74) is 1.09. The van der Waals surface area contributed by atoms with Crippen LogP contribution in [-0.4, -0.2) is 54.3 Å². The lowest BCUT2D eigenvalue weighted by molar-refractivity contribution is -0.134. The molecule has 0 aliphatic carbocycles. The van der Waals surface area contributed by atoms with Crippen molar-refractivity contribution in [3.63, 3.8) is 0 Å². The lowest BCUT2D eigenvalue weighted by atomic mass is 9.96. The summed E-state index contributed by atoms with van der Waals surface area (Å²) in [6.45, 7) is 8.47. The minimum atomic E-state index is 0.0148. The molecule has 2 rings (SSSR count). The third kappa shape index (κ3) is 6.50. The fourth-order valence-corrected chi connectivity index (χ4v) is 3.28. The lowest BCUT2D eigenvalue weighted by Gasteiger charge is -2.32. The molecular formula is C20H31N3O2. The highest BCUT2D eigenvalue weighted by Gasteiger charge is 2.23. The monoisotopic (exact) mass is 345 g/mol. The number of hydrogen-bond donors (Lipinski definition) is 1. The predicted octanol–water partition coefficient (Wildman–Crippen LogP) is 2.27. The minimum absolute atomic E-state index is 0.0148. The maximum absolute atomic E-state index is 12.5. The van der Waals surface area contributed by atoms with Crippen LogP contribution >= 0.6 is 0 Å². The van der Waals surface area contributed by atoms with Crippen LogP contribution in [0.5, 0.6) is 0 Å². The highest BCUT2D eigenvalue weighted by atomic mass is 16.2. The van der Waals surface area contributed by atoms with E-state index in [1.165, 1.54) is 0 Å². The second-order valence-electron chi connectivity index (χ2n) is 6.81. The Morgan fingerprint density at radius 2 is 1.88 bits per heavy atom. The van der Waals surface area contributed by atoms with Crippen molar-refractivity contribution in [2.45, 2.75) is 39.7 Å². The van der Waals surface area contributed by atoms with Crippen LogP contribution in [-0.2, 0) is 16.1 Å². The van der Waals surface area contributed by atoms with Gasteiger partial charge in [0.05, 0.1) is 0 Å². The van der Waals surface area contributed by atoms with E-state index in [1.54, 1.807) is 11.8 Å². The molecule has 138 valence electrons. The zero-order chi connectivity index (χ0) is 18.1. The molecule has 1 aliphatic rings. The van der Waals surface area contributed by atoms with Gasteiger partial charge in [0.25, 0.3) is 0 Å². The minimum Gasteiger partial charge on any atom is -0.343 e. The zero-order valence-electron chi connectivity index (χ0n) is 15.5. The molecule has 1 heterocycles. The molecule has 1 aromatic carbocycles. The highest BCUT2D eigenvalue weighted by molar-refractivity contribution is 5.78. The standard InChI is InChI=1S/C20H31N3O2/c1-3-21-15-18-9-12-22(13-10-18)20(25)11-14-23(17(2)24)16-19-7-5-4-6-8-19/h4-8,18,21H,3,9-16H2,1-2H3. The first kappa shape index (κ1) is 19.4. The van der Waals surface area contributed by atoms with Gasteiger partial charge in [0, 0.05) is 39.5 Å². The molecule has 1 saturated heterocycles. The van der Waals surface area contributed by atoms with E-state index in [0.717, 1.165) is 44.6 Å². The average molecular weight is 345 g/mol. The number of rotatable bonds is 8. The lowest BCUT2D eigenvalue weighted by Crippen LogP contribution is -2.42. The van der Waals surface area contributed by atoms with Crippen molar-refractivity contribution in [3.05, 3.63) is 35.9 Å². The van der Waals surface area contributed by atoms with Gasteiger partial charge in [-0.15, -0.1) is 0 Å². The molecule has 0 saturated carbocycles. The van der Waals surface area contributed by atoms with Crippen LogP contribution in [0.1, 0.15) is 38.7 Å². The number of carbonyl (C=O) groups excluding carboxylic acids is 2. The largest absolute Gasteiger partial charge is 0.343 e. The van der Waals surface area contributed by atoms with E-state index >= 15 is 0 Å². The van der Waals surface area contributed by atoms with Gasteiger partial charge in [0.15, 0.2) is 0 Å². The van der Waals surface area contributed by atoms with E-state index in [4.69, 9.17) is 0 Å². The summed E-state index contributed by atoms with van der Waals surface area (Å²) in [6.07, 6.45) is 2.54. The first-order valence-electron chi connectivity index (χ1n) is 9.38. The fourth-order valence-electron chi connectivity index (χ4n) is 3.28. The van der Waals surface area contributed by atoms with Crippen LogP contribution < -0.4 is 5.32 Å². The number of amides is 2. The van der Waals surface area contributed by atoms with Crippen molar-refractivity contribution in [1.29, 1.82) is 0 Å². The number of carbonyl (C=O) groups is 2. The van der Waals surface area contributed by atoms with E-state index in [9.17, 15) is 9.59 Å². The molecule has 5 heteroatoms. The first-order valence-corrected chi connectivity index (χ1v) is 9.38. The third-order valence-corrected chi connectivity index (χ3v) is 4.91. The van der Waals surface area contributed by atoms with E-state index in [2.05, 4.69) is 12.2 Å². The quantitative estimate of drug-likeness (QED) is 0.786. The molecule has 0 aromatic heterocycles. The maximum Gasteiger partial charge on any atom is 0.224 e. The Hall–Kier alpha value is -1.88. The van der Waals surface area contributed by atoms with Crippen LogP contribution in [0.4, 0.5) is 0 Å². The van der Waals surface area contributed by atoms with Crippen LogP contribution in [0.2, 0.25) is 0 Å². The maximum atomic E-state index is 12.5. The molecule has 0 atom stereocenters. The predicted molar refractivity (Wildman–Crippen MR) is 100.0 cm³/mol. The Morgan fingerprint density at radius 3 is 2.48 bits per heavy atom. The summed E-state index contributed by atoms with van der Waals surface area (Å²) < 4.78 is 0. The molecule has 1 fully saturated rings. The van der Waals surface area contributed by atoms with E-state index in [1.807, 2.05) is 35.2 Å². The van der Waals surface area contributed by atoms with Crippen molar-refractivity contribution in [1.82, 2.24) is 15.1 Å². The van der Waals surface area contributed by atoms with E-state index < -0.39 is 0 Å². The first-order chi connectivity index (χ1) is 12.1. The van der Waals surface area contributed by atoms with E-state index in [0.29, 0.717) is 25.4 Å². The number of likely N-dealkylation sites (tertiary alicyclic amines) is 1. The number of nitrogens with zero attached hydrogens (tertiary/aromatic N) is 2. The van der Waals surface area contributed by atoms with Gasteiger partial charge in [-0.25, -0.2) is 0 Å². The molecule has 0 unspecified atom stereocenters. The summed E-state index contributed by atoms with van der Waals surface area (Å²) in [7, 11) is 0. The molecule has 1 aliphatic heterocycles. The van der Waals surface area contributed by atoms with Crippen molar-refractivity contribution in [2.24, 2.45) is 5.92 Å². The Labute approximate surface area is 151 Å². The molecule has 0 bridgehead atoms. The molecule has 1 N–H and O–H groups in total. The molecule has 25 heavy (non-hydrogen) atoms. The number of benzene rings is 1. The van der Waals surface area contributed by atoms with Gasteiger partial charge in [-0.05, 0) is 37.4 Å².